The van der Waals surface area contributed by atoms with Crippen molar-refractivity contribution in [2.75, 3.05) is 13.2 Å². The molecule has 2 aliphatic rings. The van der Waals surface area contributed by atoms with E-state index in [1.165, 1.54) is 4.90 Å². The first-order valence-corrected chi connectivity index (χ1v) is 11.2. The summed E-state index contributed by atoms with van der Waals surface area (Å²) in [5, 5.41) is 2.29. The van der Waals surface area contributed by atoms with Crippen LogP contribution in [0.4, 0.5) is 22.0 Å². The lowest BCUT2D eigenvalue weighted by Gasteiger charge is -2.36. The molecule has 35 heavy (non-hydrogen) atoms. The summed E-state index contributed by atoms with van der Waals surface area (Å²) in [6.45, 7) is 2.07. The molecule has 2 aromatic rings. The average Bonchev–Trinajstić information content (AvgIpc) is 3.15. The fraction of sp³-hybridized carbons (Fsp3) is 0.435. The Labute approximate surface area is 202 Å². The van der Waals surface area contributed by atoms with Crippen LogP contribution in [0.2, 0.25) is 5.02 Å². The van der Waals surface area contributed by atoms with Crippen molar-refractivity contribution in [1.29, 1.82) is 0 Å². The van der Waals surface area contributed by atoms with Gasteiger partial charge in [-0.15, -0.1) is 0 Å². The molecule has 0 bridgehead atoms. The van der Waals surface area contributed by atoms with E-state index >= 15 is 0 Å². The highest BCUT2D eigenvalue weighted by atomic mass is 35.5. The Kier molecular flexibility index (Phi) is 7.01. The van der Waals surface area contributed by atoms with Crippen molar-refractivity contribution >= 4 is 23.4 Å². The Morgan fingerprint density at radius 3 is 2.51 bits per heavy atom. The third-order valence-corrected chi connectivity index (χ3v) is 6.56. The van der Waals surface area contributed by atoms with Gasteiger partial charge in [0.15, 0.2) is 0 Å². The lowest BCUT2D eigenvalue weighted by atomic mass is 9.90. The topological polar surface area (TPSA) is 71.5 Å². The number of benzene rings is 1. The van der Waals surface area contributed by atoms with E-state index in [2.05, 4.69) is 10.3 Å². The van der Waals surface area contributed by atoms with Gasteiger partial charge >= 0.3 is 6.18 Å². The molecular weight excluding hydrogens is 497 g/mol. The molecule has 188 valence electrons. The molecule has 12 heteroatoms. The number of nitrogens with zero attached hydrogens (tertiary/aromatic N) is 2. The van der Waals surface area contributed by atoms with Crippen molar-refractivity contribution < 1.29 is 36.3 Å². The minimum absolute atomic E-state index is 0.114. The van der Waals surface area contributed by atoms with Crippen LogP contribution < -0.4 is 5.32 Å². The average molecular weight is 518 g/mol. The zero-order valence-electron chi connectivity index (χ0n) is 18.4. The van der Waals surface area contributed by atoms with Gasteiger partial charge in [-0.25, -0.2) is 13.8 Å². The Bertz CT molecular complexity index is 1140. The smallest absolute Gasteiger partial charge is 0.381 e. The van der Waals surface area contributed by atoms with Crippen LogP contribution >= 0.6 is 11.6 Å². The maximum absolute atomic E-state index is 14.6. The highest BCUT2D eigenvalue weighted by Gasteiger charge is 2.42. The minimum atomic E-state index is -4.74. The quantitative estimate of drug-likeness (QED) is 0.467. The number of aromatic nitrogens is 1. The van der Waals surface area contributed by atoms with E-state index in [0.717, 1.165) is 30.3 Å². The lowest BCUT2D eigenvalue weighted by Crippen LogP contribution is -2.51. The molecular formula is C23H21ClF5N3O3. The second kappa shape index (κ2) is 9.69. The van der Waals surface area contributed by atoms with Crippen molar-refractivity contribution in [1.82, 2.24) is 15.2 Å². The summed E-state index contributed by atoms with van der Waals surface area (Å²) in [4.78, 5) is 31.0. The van der Waals surface area contributed by atoms with E-state index in [1.54, 1.807) is 6.92 Å². The molecule has 0 radical (unpaired) electrons. The van der Waals surface area contributed by atoms with E-state index < -0.39 is 64.2 Å². The molecule has 0 aliphatic carbocycles. The van der Waals surface area contributed by atoms with Gasteiger partial charge < -0.3 is 15.0 Å². The van der Waals surface area contributed by atoms with E-state index in [1.807, 2.05) is 0 Å². The van der Waals surface area contributed by atoms with Gasteiger partial charge in [0, 0.05) is 17.5 Å². The normalized spacial score (nSPS) is 21.5. The predicted octanol–water partition coefficient (Wildman–Crippen LogP) is 4.53. The van der Waals surface area contributed by atoms with Gasteiger partial charge in [0.2, 0.25) is 5.91 Å². The molecule has 2 amide bonds. The zero-order valence-corrected chi connectivity index (χ0v) is 19.2. The lowest BCUT2D eigenvalue weighted by molar-refractivity contribution is -0.141. The molecule has 2 fully saturated rings. The van der Waals surface area contributed by atoms with E-state index in [0.29, 0.717) is 6.42 Å². The molecule has 2 aliphatic heterocycles. The molecule has 2 saturated heterocycles. The first kappa shape index (κ1) is 25.3. The zero-order chi connectivity index (χ0) is 25.5. The molecule has 6 nitrogen and oxygen atoms in total. The number of ether oxygens (including phenoxy) is 1. The number of alkyl halides is 3. The Hall–Kier alpha value is -2.79. The van der Waals surface area contributed by atoms with Crippen LogP contribution in [0.3, 0.4) is 0 Å². The van der Waals surface area contributed by atoms with Crippen molar-refractivity contribution in [3.63, 3.8) is 0 Å². The van der Waals surface area contributed by atoms with Crippen LogP contribution in [-0.2, 0) is 15.7 Å². The molecule has 1 aromatic carbocycles. The fourth-order valence-electron chi connectivity index (χ4n) is 4.35. The van der Waals surface area contributed by atoms with Crippen LogP contribution in [0, 0.1) is 17.6 Å². The van der Waals surface area contributed by atoms with Gasteiger partial charge in [0.25, 0.3) is 5.91 Å². The van der Waals surface area contributed by atoms with Gasteiger partial charge in [0.05, 0.1) is 24.3 Å². The summed E-state index contributed by atoms with van der Waals surface area (Å²) in [5.41, 5.74) is -1.78. The number of halogens is 6. The minimum Gasteiger partial charge on any atom is -0.381 e. The number of hydrogen-bond acceptors (Lipinski definition) is 4. The van der Waals surface area contributed by atoms with Crippen LogP contribution in [-0.4, -0.2) is 47.0 Å². The van der Waals surface area contributed by atoms with Crippen molar-refractivity contribution in [2.45, 2.75) is 44.1 Å². The number of likely N-dealkylation sites (tertiary alicyclic amines) is 1. The highest BCUT2D eigenvalue weighted by Crippen LogP contribution is 2.34. The molecule has 3 heterocycles. The molecule has 0 saturated carbocycles. The van der Waals surface area contributed by atoms with Gasteiger partial charge in [-0.3, -0.25) is 9.59 Å². The van der Waals surface area contributed by atoms with Crippen LogP contribution in [0.15, 0.2) is 30.3 Å². The van der Waals surface area contributed by atoms with E-state index in [-0.39, 0.29) is 31.1 Å². The number of nitrogens with one attached hydrogen (secondary N) is 1. The summed E-state index contributed by atoms with van der Waals surface area (Å²) in [6.07, 6.45) is -4.08. The predicted molar refractivity (Wildman–Crippen MR) is 114 cm³/mol. The standard InChI is InChI=1S/C23H21ClF5N3O3/c1-11-5-6-18(32(11)22(34)17-3-2-4-19(30-17)23(27,28)29)21(33)31-20(12-9-35-10-12)13-7-16(26)14(24)8-15(13)25/h2-4,7-8,11-12,18,20H,5-6,9-10H2,1H3,(H,31,33)/t11-,18-,20-/m1/s1. The van der Waals surface area contributed by atoms with Gasteiger partial charge in [-0.2, -0.15) is 13.2 Å². The number of hydrogen-bond donors (Lipinski definition) is 1. The molecule has 4 rings (SSSR count). The fourth-order valence-corrected chi connectivity index (χ4v) is 4.50. The first-order chi connectivity index (χ1) is 16.5. The second-order valence-corrected chi connectivity index (χ2v) is 9.04. The maximum atomic E-state index is 14.6. The summed E-state index contributed by atoms with van der Waals surface area (Å²) in [5.74, 6) is -3.48. The largest absolute Gasteiger partial charge is 0.433 e. The number of carbonyl (C=O) groups is 2. The summed E-state index contributed by atoms with van der Waals surface area (Å²) in [6, 6.07) is 2.26. The van der Waals surface area contributed by atoms with Crippen LogP contribution in [0.1, 0.15) is 47.6 Å². The third-order valence-electron chi connectivity index (χ3n) is 6.27. The third kappa shape index (κ3) is 5.11. The number of pyridine rings is 1. The SMILES string of the molecule is C[C@@H]1CC[C@H](C(=O)N[C@@H](c2cc(F)c(Cl)cc2F)C2COC2)N1C(=O)c1cccc(C(F)(F)F)n1. The number of amides is 2. The summed E-state index contributed by atoms with van der Waals surface area (Å²) in [7, 11) is 0. The Morgan fingerprint density at radius 1 is 1.17 bits per heavy atom. The number of rotatable bonds is 5. The Balaban J connectivity index is 1.59. The Morgan fingerprint density at radius 2 is 1.89 bits per heavy atom. The van der Waals surface area contributed by atoms with Crippen molar-refractivity contribution in [2.24, 2.45) is 5.92 Å². The van der Waals surface area contributed by atoms with Gasteiger partial charge in [-0.1, -0.05) is 17.7 Å². The van der Waals surface area contributed by atoms with Crippen molar-refractivity contribution in [3.05, 3.63) is 63.9 Å². The second-order valence-electron chi connectivity index (χ2n) is 8.63. The molecule has 1 aromatic heterocycles. The van der Waals surface area contributed by atoms with Crippen molar-refractivity contribution in [3.8, 4) is 0 Å². The monoisotopic (exact) mass is 517 g/mol. The van der Waals surface area contributed by atoms with Crippen LogP contribution in [0.5, 0.6) is 0 Å². The van der Waals surface area contributed by atoms with Gasteiger partial charge in [0.1, 0.15) is 29.1 Å². The maximum Gasteiger partial charge on any atom is 0.433 e. The number of carbonyl (C=O) groups excluding carboxylic acids is 2. The van der Waals surface area contributed by atoms with E-state index in [9.17, 15) is 31.5 Å². The molecule has 1 N–H and O–H groups in total. The van der Waals surface area contributed by atoms with E-state index in [4.69, 9.17) is 16.3 Å². The molecule has 0 unspecified atom stereocenters. The van der Waals surface area contributed by atoms with Gasteiger partial charge in [-0.05, 0) is 44.0 Å². The first-order valence-electron chi connectivity index (χ1n) is 10.9. The summed E-state index contributed by atoms with van der Waals surface area (Å²) >= 11 is 5.65. The van der Waals surface area contributed by atoms with Crippen LogP contribution in [0.25, 0.3) is 0 Å². The highest BCUT2D eigenvalue weighted by molar-refractivity contribution is 6.30. The summed E-state index contributed by atoms with van der Waals surface area (Å²) < 4.78 is 73.1. The molecule has 3 atom stereocenters. The molecule has 0 spiro atoms.